The third-order valence-electron chi connectivity index (χ3n) is 5.05. The van der Waals surface area contributed by atoms with Gasteiger partial charge < -0.3 is 21.0 Å². The Morgan fingerprint density at radius 2 is 2.12 bits per heavy atom. The number of nitrogens with zero attached hydrogens (tertiary/aromatic N) is 1. The molecule has 34 heavy (non-hydrogen) atoms. The van der Waals surface area contributed by atoms with Crippen LogP contribution in [0.3, 0.4) is 0 Å². The molecule has 0 spiro atoms. The second-order valence-electron chi connectivity index (χ2n) is 7.82. The lowest BCUT2D eigenvalue weighted by atomic mass is 10.0. The topological polar surface area (TPSA) is 200 Å². The molecule has 1 aromatic carbocycles. The molecule has 0 radical (unpaired) electrons. The Bertz CT molecular complexity index is 1170. The van der Waals surface area contributed by atoms with Crippen molar-refractivity contribution < 1.29 is 27.0 Å². The van der Waals surface area contributed by atoms with Gasteiger partial charge in [0.05, 0.1) is 18.6 Å². The van der Waals surface area contributed by atoms with Crippen molar-refractivity contribution in [2.45, 2.75) is 42.8 Å². The lowest BCUT2D eigenvalue weighted by molar-refractivity contribution is -0.135. The van der Waals surface area contributed by atoms with E-state index in [-0.39, 0.29) is 29.7 Å². The third kappa shape index (κ3) is 6.57. The molecule has 1 saturated heterocycles. The first-order valence-corrected chi connectivity index (χ1v) is 11.7. The summed E-state index contributed by atoms with van der Waals surface area (Å²) in [5.74, 6) is -1.74. The summed E-state index contributed by atoms with van der Waals surface area (Å²) < 4.78 is 29.1. The molecule has 2 unspecified atom stereocenters. The lowest BCUT2D eigenvalue weighted by Gasteiger charge is -2.13. The van der Waals surface area contributed by atoms with Crippen molar-refractivity contribution >= 4 is 27.8 Å². The zero-order chi connectivity index (χ0) is 24.9. The van der Waals surface area contributed by atoms with E-state index in [1.54, 1.807) is 31.3 Å². The molecular formula is C21H26N6O6S. The molecule has 0 bridgehead atoms. The number of aryl methyl sites for hydroxylation is 1. The Balaban J connectivity index is 1.44. The predicted molar refractivity (Wildman–Crippen MR) is 121 cm³/mol. The number of amidine groups is 1. The minimum atomic E-state index is -4.32. The molecule has 2 heterocycles. The number of carbonyl (C=O) groups is 2. The van der Waals surface area contributed by atoms with Gasteiger partial charge in [-0.25, -0.2) is 4.79 Å². The van der Waals surface area contributed by atoms with Gasteiger partial charge in [0.15, 0.2) is 0 Å². The van der Waals surface area contributed by atoms with Crippen molar-refractivity contribution in [1.29, 1.82) is 5.41 Å². The van der Waals surface area contributed by atoms with Gasteiger partial charge in [0, 0.05) is 12.7 Å². The molecular weight excluding hydrogens is 464 g/mol. The molecule has 1 fully saturated rings. The van der Waals surface area contributed by atoms with Gasteiger partial charge in [-0.05, 0) is 42.7 Å². The van der Waals surface area contributed by atoms with Crippen LogP contribution in [-0.2, 0) is 28.7 Å². The zero-order valence-corrected chi connectivity index (χ0v) is 19.2. The van der Waals surface area contributed by atoms with Crippen LogP contribution >= 0.6 is 0 Å². The van der Waals surface area contributed by atoms with Crippen molar-refractivity contribution in [3.05, 3.63) is 59.4 Å². The summed E-state index contributed by atoms with van der Waals surface area (Å²) in [6.07, 6.45) is 1.61. The minimum Gasteiger partial charge on any atom is -0.382 e. The summed E-state index contributed by atoms with van der Waals surface area (Å²) in [7, 11) is -4.32. The average Bonchev–Trinajstić information content (AvgIpc) is 3.25. The van der Waals surface area contributed by atoms with E-state index < -0.39 is 34.1 Å². The van der Waals surface area contributed by atoms with Crippen LogP contribution in [0.1, 0.15) is 35.7 Å². The van der Waals surface area contributed by atoms with Crippen LogP contribution < -0.4 is 22.3 Å². The summed E-state index contributed by atoms with van der Waals surface area (Å²) >= 11 is 0. The molecule has 3 atom stereocenters. The normalized spacial score (nSPS) is 18.8. The largest absolute Gasteiger partial charge is 0.382 e. The first-order valence-electron chi connectivity index (χ1n) is 10.3. The number of nitrogens with one attached hydrogen (secondary N) is 3. The maximum atomic E-state index is 12.2. The minimum absolute atomic E-state index is 0.00812. The van der Waals surface area contributed by atoms with Gasteiger partial charge in [-0.2, -0.15) is 13.9 Å². The van der Waals surface area contributed by atoms with Gasteiger partial charge in [0.1, 0.15) is 22.5 Å². The van der Waals surface area contributed by atoms with E-state index in [4.69, 9.17) is 21.7 Å². The quantitative estimate of drug-likeness (QED) is 0.178. The molecule has 12 nitrogen and oxygen atoms in total. The number of carbonyl (C=O) groups excluding carboxylic acids is 2. The highest BCUT2D eigenvalue weighted by molar-refractivity contribution is 7.87. The van der Waals surface area contributed by atoms with E-state index in [2.05, 4.69) is 20.0 Å². The zero-order valence-electron chi connectivity index (χ0n) is 18.4. The SMILES string of the molecule is Cc1cccc(S(=O)(=O)OC(=O)C(N)CNC(=O)C[C@@H]2CC(c3ccc(C(=N)N)nc3)NO2)c1. The fourth-order valence-electron chi connectivity index (χ4n) is 3.21. The van der Waals surface area contributed by atoms with E-state index in [0.29, 0.717) is 17.7 Å². The van der Waals surface area contributed by atoms with Gasteiger partial charge in [0.2, 0.25) is 5.91 Å². The Hall–Kier alpha value is -3.39. The van der Waals surface area contributed by atoms with Crippen LogP contribution in [0.2, 0.25) is 0 Å². The lowest BCUT2D eigenvalue weighted by Crippen LogP contribution is -2.44. The van der Waals surface area contributed by atoms with Crippen molar-refractivity contribution in [3.63, 3.8) is 0 Å². The van der Waals surface area contributed by atoms with E-state index >= 15 is 0 Å². The number of aromatic nitrogens is 1. The standard InChI is InChI=1S/C21H26N6O6S/c1-12-3-2-4-15(7-12)34(30,31)33-21(29)16(22)11-26-19(28)9-14-8-18(27-32-14)13-5-6-17(20(23)24)25-10-13/h2-7,10,14,16,18,27H,8-9,11,22H2,1H3,(H3,23,24)(H,26,28)/t14-,16?,18?/m0/s1. The molecule has 2 aromatic rings. The number of hydrogen-bond donors (Lipinski definition) is 5. The number of amides is 1. The number of pyridine rings is 1. The average molecular weight is 491 g/mol. The molecule has 0 aliphatic carbocycles. The Labute approximate surface area is 196 Å². The van der Waals surface area contributed by atoms with Crippen LogP contribution in [-0.4, -0.2) is 49.8 Å². The Morgan fingerprint density at radius 3 is 2.76 bits per heavy atom. The number of benzene rings is 1. The molecule has 1 aromatic heterocycles. The summed E-state index contributed by atoms with van der Waals surface area (Å²) in [6.45, 7) is 1.40. The summed E-state index contributed by atoms with van der Waals surface area (Å²) in [6, 6.07) is 7.72. The van der Waals surface area contributed by atoms with Crippen molar-refractivity contribution in [2.75, 3.05) is 6.54 Å². The smallest absolute Gasteiger partial charge is 0.341 e. The second kappa shape index (κ2) is 10.7. The van der Waals surface area contributed by atoms with Gasteiger partial charge in [-0.3, -0.25) is 20.0 Å². The van der Waals surface area contributed by atoms with Crippen LogP contribution in [0.15, 0.2) is 47.5 Å². The van der Waals surface area contributed by atoms with E-state index in [1.165, 1.54) is 18.2 Å². The molecule has 0 saturated carbocycles. The summed E-state index contributed by atoms with van der Waals surface area (Å²) in [5, 5.41) is 9.86. The number of hydrogen-bond acceptors (Lipinski definition) is 10. The van der Waals surface area contributed by atoms with Gasteiger partial charge in [-0.1, -0.05) is 18.2 Å². The van der Waals surface area contributed by atoms with Crippen LogP contribution in [0.4, 0.5) is 0 Å². The fourth-order valence-corrected chi connectivity index (χ4v) is 4.22. The van der Waals surface area contributed by atoms with Crippen LogP contribution in [0, 0.1) is 12.3 Å². The van der Waals surface area contributed by atoms with Crippen LogP contribution in [0.5, 0.6) is 0 Å². The summed E-state index contributed by atoms with van der Waals surface area (Å²) in [5.41, 5.74) is 15.8. The predicted octanol–water partition coefficient (Wildman–Crippen LogP) is -0.226. The van der Waals surface area contributed by atoms with Crippen LogP contribution in [0.25, 0.3) is 0 Å². The molecule has 1 aliphatic rings. The van der Waals surface area contributed by atoms with Crippen molar-refractivity contribution in [2.24, 2.45) is 11.5 Å². The fraction of sp³-hybridized carbons (Fsp3) is 0.333. The Kier molecular flexibility index (Phi) is 7.94. The molecule has 13 heteroatoms. The van der Waals surface area contributed by atoms with Crippen molar-refractivity contribution in [1.82, 2.24) is 15.8 Å². The van der Waals surface area contributed by atoms with Gasteiger partial charge in [0.25, 0.3) is 0 Å². The first-order chi connectivity index (χ1) is 16.0. The first kappa shape index (κ1) is 25.2. The molecule has 3 rings (SSSR count). The number of nitrogens with two attached hydrogens (primary N) is 2. The molecule has 1 amide bonds. The number of hydroxylamine groups is 1. The van der Waals surface area contributed by atoms with E-state index in [1.807, 2.05) is 0 Å². The second-order valence-corrected chi connectivity index (χ2v) is 9.37. The van der Waals surface area contributed by atoms with Crippen molar-refractivity contribution in [3.8, 4) is 0 Å². The monoisotopic (exact) mass is 490 g/mol. The maximum Gasteiger partial charge on any atom is 0.341 e. The third-order valence-corrected chi connectivity index (χ3v) is 6.26. The van der Waals surface area contributed by atoms with Gasteiger partial charge in [-0.15, -0.1) is 0 Å². The number of rotatable bonds is 9. The van der Waals surface area contributed by atoms with E-state index in [0.717, 1.165) is 5.56 Å². The van der Waals surface area contributed by atoms with Gasteiger partial charge >= 0.3 is 16.1 Å². The molecule has 7 N–H and O–H groups in total. The Morgan fingerprint density at radius 1 is 1.35 bits per heavy atom. The maximum absolute atomic E-state index is 12.2. The number of nitrogen functional groups attached to an aromatic ring is 1. The highest BCUT2D eigenvalue weighted by Gasteiger charge is 2.30. The molecule has 1 aliphatic heterocycles. The summed E-state index contributed by atoms with van der Waals surface area (Å²) in [4.78, 5) is 33.7. The highest BCUT2D eigenvalue weighted by Crippen LogP contribution is 2.26. The van der Waals surface area contributed by atoms with E-state index in [9.17, 15) is 18.0 Å². The molecule has 182 valence electrons. The highest BCUT2D eigenvalue weighted by atomic mass is 32.2.